The Bertz CT molecular complexity index is 711. The fourth-order valence-electron chi connectivity index (χ4n) is 2.07. The van der Waals surface area contributed by atoms with Crippen molar-refractivity contribution in [2.24, 2.45) is 0 Å². The van der Waals surface area contributed by atoms with E-state index >= 15 is 0 Å². The maximum Gasteiger partial charge on any atom is 0.220 e. The molecule has 2 aromatic carbocycles. The molecule has 0 spiro atoms. The smallest absolute Gasteiger partial charge is 0.220 e. The molecule has 1 heterocycles. The van der Waals surface area contributed by atoms with Crippen molar-refractivity contribution in [3.8, 4) is 11.6 Å². The molecule has 21 heavy (non-hydrogen) atoms. The van der Waals surface area contributed by atoms with Gasteiger partial charge in [0.1, 0.15) is 10.4 Å². The van der Waals surface area contributed by atoms with Gasteiger partial charge in [0.05, 0.1) is 0 Å². The number of nitrogens with zero attached hydrogens (tertiary/aromatic N) is 1. The van der Waals surface area contributed by atoms with E-state index in [1.807, 2.05) is 36.4 Å². The van der Waals surface area contributed by atoms with Crippen LogP contribution in [-0.4, -0.2) is 4.98 Å². The number of hydrogen-bond acceptors (Lipinski definition) is 2. The Morgan fingerprint density at radius 1 is 0.762 bits per heavy atom. The molecule has 3 aromatic rings. The Hall–Kier alpha value is -2.13. The van der Waals surface area contributed by atoms with Crippen LogP contribution in [0, 0.1) is 0 Å². The summed E-state index contributed by atoms with van der Waals surface area (Å²) in [5, 5.41) is 0. The van der Waals surface area contributed by atoms with Gasteiger partial charge in [0, 0.05) is 6.07 Å². The first-order valence-corrected chi connectivity index (χ1v) is 7.52. The van der Waals surface area contributed by atoms with Crippen molar-refractivity contribution in [2.75, 3.05) is 0 Å². The molecule has 0 aliphatic rings. The molecular weight excluding hydrogens is 326 g/mol. The highest BCUT2D eigenvalue weighted by Crippen LogP contribution is 2.22. The van der Waals surface area contributed by atoms with Gasteiger partial charge in [-0.2, -0.15) is 0 Å². The lowest BCUT2D eigenvalue weighted by molar-refractivity contribution is 0.462. The van der Waals surface area contributed by atoms with Crippen LogP contribution in [0.25, 0.3) is 0 Å². The Kier molecular flexibility index (Phi) is 4.31. The van der Waals surface area contributed by atoms with Gasteiger partial charge >= 0.3 is 0 Å². The van der Waals surface area contributed by atoms with Gasteiger partial charge in [0.2, 0.25) is 5.88 Å². The van der Waals surface area contributed by atoms with Crippen LogP contribution in [-0.2, 0) is 6.42 Å². The van der Waals surface area contributed by atoms with Crippen molar-refractivity contribution in [3.63, 3.8) is 0 Å². The average Bonchev–Trinajstić information content (AvgIpc) is 2.50. The van der Waals surface area contributed by atoms with Gasteiger partial charge in [-0.15, -0.1) is 0 Å². The highest BCUT2D eigenvalue weighted by atomic mass is 79.9. The number of rotatable bonds is 4. The van der Waals surface area contributed by atoms with E-state index in [-0.39, 0.29) is 0 Å². The SMILES string of the molecule is Brc1cccc(Oc2ccc(Cc3ccccc3)cc2)n1. The van der Waals surface area contributed by atoms with Crippen molar-refractivity contribution < 1.29 is 4.74 Å². The van der Waals surface area contributed by atoms with Gasteiger partial charge < -0.3 is 4.74 Å². The average molecular weight is 340 g/mol. The molecule has 0 N–H and O–H groups in total. The van der Waals surface area contributed by atoms with Gasteiger partial charge in [-0.05, 0) is 51.7 Å². The first kappa shape index (κ1) is 13.8. The summed E-state index contributed by atoms with van der Waals surface area (Å²) in [5.41, 5.74) is 2.57. The van der Waals surface area contributed by atoms with Crippen molar-refractivity contribution in [3.05, 3.63) is 88.5 Å². The molecule has 3 rings (SSSR count). The van der Waals surface area contributed by atoms with Gasteiger partial charge in [-0.25, -0.2) is 4.98 Å². The first-order chi connectivity index (χ1) is 10.3. The molecule has 0 fully saturated rings. The van der Waals surface area contributed by atoms with Gasteiger partial charge in [0.15, 0.2) is 0 Å². The van der Waals surface area contributed by atoms with Crippen LogP contribution in [0.5, 0.6) is 11.6 Å². The monoisotopic (exact) mass is 339 g/mol. The number of halogens is 1. The molecule has 0 unspecified atom stereocenters. The van der Waals surface area contributed by atoms with E-state index in [1.54, 1.807) is 0 Å². The lowest BCUT2D eigenvalue weighted by Gasteiger charge is -2.06. The number of benzene rings is 2. The molecule has 1 aromatic heterocycles. The van der Waals surface area contributed by atoms with Crippen LogP contribution in [0.4, 0.5) is 0 Å². The van der Waals surface area contributed by atoms with Crippen molar-refractivity contribution in [2.45, 2.75) is 6.42 Å². The van der Waals surface area contributed by atoms with Crippen LogP contribution in [0.1, 0.15) is 11.1 Å². The van der Waals surface area contributed by atoms with Gasteiger partial charge in [0.25, 0.3) is 0 Å². The summed E-state index contributed by atoms with van der Waals surface area (Å²) in [6, 6.07) is 24.1. The lowest BCUT2D eigenvalue weighted by Crippen LogP contribution is -1.90. The molecular formula is C18H14BrNO. The highest BCUT2D eigenvalue weighted by Gasteiger charge is 2.01. The second-order valence-corrected chi connectivity index (χ2v) is 5.52. The number of pyridine rings is 1. The maximum absolute atomic E-state index is 5.72. The minimum absolute atomic E-state index is 0.584. The summed E-state index contributed by atoms with van der Waals surface area (Å²) in [6.07, 6.45) is 0.927. The Labute approximate surface area is 132 Å². The number of aromatic nitrogens is 1. The van der Waals surface area contributed by atoms with E-state index in [0.717, 1.165) is 16.8 Å². The third-order valence-corrected chi connectivity index (χ3v) is 3.53. The fourth-order valence-corrected chi connectivity index (χ4v) is 2.40. The Morgan fingerprint density at radius 3 is 2.19 bits per heavy atom. The van der Waals surface area contributed by atoms with E-state index in [9.17, 15) is 0 Å². The third kappa shape index (κ3) is 3.92. The molecule has 0 aliphatic heterocycles. The minimum atomic E-state index is 0.584. The summed E-state index contributed by atoms with van der Waals surface area (Å²) in [7, 11) is 0. The second kappa shape index (κ2) is 6.55. The van der Waals surface area contributed by atoms with Crippen molar-refractivity contribution in [1.29, 1.82) is 0 Å². The van der Waals surface area contributed by atoms with E-state index in [0.29, 0.717) is 5.88 Å². The molecule has 2 nitrogen and oxygen atoms in total. The van der Waals surface area contributed by atoms with Crippen molar-refractivity contribution in [1.82, 2.24) is 4.98 Å². The molecule has 0 bridgehead atoms. The molecule has 3 heteroatoms. The molecule has 0 saturated heterocycles. The van der Waals surface area contributed by atoms with Crippen LogP contribution >= 0.6 is 15.9 Å². The highest BCUT2D eigenvalue weighted by molar-refractivity contribution is 9.10. The van der Waals surface area contributed by atoms with E-state index < -0.39 is 0 Å². The molecule has 0 amide bonds. The lowest BCUT2D eigenvalue weighted by atomic mass is 10.1. The second-order valence-electron chi connectivity index (χ2n) is 4.71. The predicted molar refractivity (Wildman–Crippen MR) is 87.7 cm³/mol. The standard InChI is InChI=1S/C18H14BrNO/c19-17-7-4-8-18(20-17)21-16-11-9-15(10-12-16)13-14-5-2-1-3-6-14/h1-12H,13H2. The number of hydrogen-bond donors (Lipinski definition) is 0. The zero-order valence-electron chi connectivity index (χ0n) is 11.4. The van der Waals surface area contributed by atoms with Crippen LogP contribution in [0.2, 0.25) is 0 Å². The zero-order chi connectivity index (χ0) is 14.5. The maximum atomic E-state index is 5.72. The molecule has 0 aliphatic carbocycles. The topological polar surface area (TPSA) is 22.1 Å². The molecule has 0 radical (unpaired) electrons. The Morgan fingerprint density at radius 2 is 1.48 bits per heavy atom. The van der Waals surface area contributed by atoms with Crippen molar-refractivity contribution >= 4 is 15.9 Å². The van der Waals surface area contributed by atoms with Crippen LogP contribution in [0.15, 0.2) is 77.4 Å². The normalized spacial score (nSPS) is 10.3. The summed E-state index contributed by atoms with van der Waals surface area (Å²) in [6.45, 7) is 0. The summed E-state index contributed by atoms with van der Waals surface area (Å²) >= 11 is 3.33. The largest absolute Gasteiger partial charge is 0.439 e. The van der Waals surface area contributed by atoms with Crippen LogP contribution < -0.4 is 4.74 Å². The molecule has 0 saturated carbocycles. The van der Waals surface area contributed by atoms with E-state index in [4.69, 9.17) is 4.74 Å². The van der Waals surface area contributed by atoms with E-state index in [1.165, 1.54) is 11.1 Å². The van der Waals surface area contributed by atoms with E-state index in [2.05, 4.69) is 57.3 Å². The minimum Gasteiger partial charge on any atom is -0.439 e. The summed E-state index contributed by atoms with van der Waals surface area (Å²) in [4.78, 5) is 4.25. The predicted octanol–water partition coefficient (Wildman–Crippen LogP) is 5.23. The quantitative estimate of drug-likeness (QED) is 0.607. The van der Waals surface area contributed by atoms with Gasteiger partial charge in [-0.1, -0.05) is 48.5 Å². The van der Waals surface area contributed by atoms with Crippen LogP contribution in [0.3, 0.4) is 0 Å². The molecule has 104 valence electrons. The summed E-state index contributed by atoms with van der Waals surface area (Å²) < 4.78 is 6.49. The zero-order valence-corrected chi connectivity index (χ0v) is 13.0. The Balaban J connectivity index is 1.69. The third-order valence-electron chi connectivity index (χ3n) is 3.09. The number of ether oxygens (including phenoxy) is 1. The molecule has 0 atom stereocenters. The first-order valence-electron chi connectivity index (χ1n) is 6.73. The summed E-state index contributed by atoms with van der Waals surface area (Å²) in [5.74, 6) is 1.37. The van der Waals surface area contributed by atoms with Gasteiger partial charge in [-0.3, -0.25) is 0 Å². The fraction of sp³-hybridized carbons (Fsp3) is 0.0556.